The van der Waals surface area contributed by atoms with E-state index in [2.05, 4.69) is 22.3 Å². The van der Waals surface area contributed by atoms with Gasteiger partial charge in [-0.3, -0.25) is 0 Å². The highest BCUT2D eigenvalue weighted by Crippen LogP contribution is 2.25. The molecule has 1 saturated carbocycles. The van der Waals surface area contributed by atoms with Crippen molar-refractivity contribution in [3.8, 4) is 0 Å². The van der Waals surface area contributed by atoms with Crippen molar-refractivity contribution in [1.29, 1.82) is 0 Å². The number of nitrogens with zero attached hydrogens (tertiary/aromatic N) is 2. The van der Waals surface area contributed by atoms with Crippen molar-refractivity contribution in [2.24, 2.45) is 11.0 Å². The summed E-state index contributed by atoms with van der Waals surface area (Å²) in [4.78, 5) is 11.9. The third-order valence-electron chi connectivity index (χ3n) is 3.34. The number of nitrogens with one attached hydrogen (secondary N) is 2. The second kappa shape index (κ2) is 8.06. The Labute approximate surface area is 134 Å². The number of hydrogen-bond donors (Lipinski definition) is 2. The maximum absolute atomic E-state index is 11.9. The lowest BCUT2D eigenvalue weighted by Gasteiger charge is -2.31. The molecule has 0 saturated heterocycles. The van der Waals surface area contributed by atoms with Crippen LogP contribution in [-0.2, 0) is 4.74 Å². The monoisotopic (exact) mass is 310 g/mol. The smallest absolute Gasteiger partial charge is 0.407 e. The molecule has 0 heterocycles. The summed E-state index contributed by atoms with van der Waals surface area (Å²) in [6.07, 6.45) is 5.23. The van der Waals surface area contributed by atoms with Gasteiger partial charge in [0.2, 0.25) is 0 Å². The van der Waals surface area contributed by atoms with Crippen LogP contribution in [0.3, 0.4) is 0 Å². The number of hydrazone groups is 1. The molecule has 1 aliphatic rings. The molecule has 2 N–H and O–H groups in total. The average molecular weight is 310 g/mol. The third kappa shape index (κ3) is 6.83. The van der Waals surface area contributed by atoms with E-state index in [1.165, 1.54) is 0 Å². The van der Waals surface area contributed by atoms with Crippen LogP contribution >= 0.6 is 0 Å². The lowest BCUT2D eigenvalue weighted by atomic mass is 9.85. The normalized spacial score (nSPS) is 22.7. The summed E-state index contributed by atoms with van der Waals surface area (Å²) in [5.41, 5.74) is -0.472. The molecule has 6 nitrogen and oxygen atoms in total. The fraction of sp³-hybridized carbons (Fsp3) is 0.750. The molecule has 1 rings (SSSR count). The molecule has 6 heteroatoms. The second-order valence-electron chi connectivity index (χ2n) is 6.89. The Balaban J connectivity index is 2.63. The summed E-state index contributed by atoms with van der Waals surface area (Å²) in [7, 11) is 3.79. The molecule has 0 aromatic carbocycles. The van der Waals surface area contributed by atoms with Gasteiger partial charge in [-0.1, -0.05) is 13.0 Å². The Morgan fingerprint density at radius 1 is 1.36 bits per heavy atom. The number of amidine groups is 1. The van der Waals surface area contributed by atoms with Gasteiger partial charge in [-0.25, -0.2) is 4.79 Å². The second-order valence-corrected chi connectivity index (χ2v) is 6.89. The number of carbonyl (C=O) groups is 1. The number of hydrogen-bond acceptors (Lipinski definition) is 4. The van der Waals surface area contributed by atoms with Crippen LogP contribution in [0.2, 0.25) is 0 Å². The van der Waals surface area contributed by atoms with E-state index in [1.807, 2.05) is 34.9 Å². The Morgan fingerprint density at radius 2 is 2.05 bits per heavy atom. The highest BCUT2D eigenvalue weighted by atomic mass is 16.6. The number of alkyl carbamates (subject to hydrolysis) is 1. The van der Waals surface area contributed by atoms with E-state index in [-0.39, 0.29) is 18.1 Å². The van der Waals surface area contributed by atoms with Gasteiger partial charge in [-0.05, 0) is 46.2 Å². The molecular formula is C16H30N4O2. The van der Waals surface area contributed by atoms with E-state index in [0.717, 1.165) is 31.5 Å². The van der Waals surface area contributed by atoms with Crippen LogP contribution in [0.1, 0.15) is 46.5 Å². The van der Waals surface area contributed by atoms with Gasteiger partial charge in [0, 0.05) is 26.1 Å². The van der Waals surface area contributed by atoms with Crippen molar-refractivity contribution < 1.29 is 9.53 Å². The van der Waals surface area contributed by atoms with Crippen LogP contribution in [0.4, 0.5) is 4.79 Å². The Hall–Kier alpha value is -1.72. The Kier molecular flexibility index (Phi) is 6.71. The molecule has 2 atom stereocenters. The van der Waals surface area contributed by atoms with E-state index in [1.54, 1.807) is 11.2 Å². The van der Waals surface area contributed by atoms with Gasteiger partial charge in [0.1, 0.15) is 11.4 Å². The van der Waals surface area contributed by atoms with Gasteiger partial charge >= 0.3 is 6.09 Å². The quantitative estimate of drug-likeness (QED) is 0.476. The SMILES string of the molecule is C=CN/C(=N\N(C)C)[C@H]1CCC[C@@H](NC(=O)OC(C)(C)C)C1. The number of amides is 1. The largest absolute Gasteiger partial charge is 0.444 e. The molecule has 1 aliphatic carbocycles. The van der Waals surface area contributed by atoms with Crippen LogP contribution in [0.5, 0.6) is 0 Å². The highest BCUT2D eigenvalue weighted by Gasteiger charge is 2.28. The predicted octanol–water partition coefficient (Wildman–Crippen LogP) is 2.68. The first kappa shape index (κ1) is 18.3. The summed E-state index contributed by atoms with van der Waals surface area (Å²) in [5, 5.41) is 12.4. The first-order valence-corrected chi connectivity index (χ1v) is 7.84. The van der Waals surface area contributed by atoms with E-state index in [0.29, 0.717) is 0 Å². The number of carbonyl (C=O) groups excluding carboxylic acids is 1. The van der Waals surface area contributed by atoms with Gasteiger partial charge in [0.15, 0.2) is 0 Å². The Bertz CT molecular complexity index is 413. The fourth-order valence-corrected chi connectivity index (χ4v) is 2.59. The van der Waals surface area contributed by atoms with Crippen LogP contribution in [0.25, 0.3) is 0 Å². The van der Waals surface area contributed by atoms with Crippen molar-refractivity contribution in [2.45, 2.75) is 58.1 Å². The zero-order valence-electron chi connectivity index (χ0n) is 14.5. The van der Waals surface area contributed by atoms with Crippen molar-refractivity contribution in [3.05, 3.63) is 12.8 Å². The molecular weight excluding hydrogens is 280 g/mol. The highest BCUT2D eigenvalue weighted by molar-refractivity contribution is 5.85. The summed E-state index contributed by atoms with van der Waals surface area (Å²) >= 11 is 0. The molecule has 0 aromatic rings. The summed E-state index contributed by atoms with van der Waals surface area (Å²) in [6.45, 7) is 9.31. The van der Waals surface area contributed by atoms with Crippen molar-refractivity contribution in [3.63, 3.8) is 0 Å². The lowest BCUT2D eigenvalue weighted by molar-refractivity contribution is 0.0489. The predicted molar refractivity (Wildman–Crippen MR) is 89.6 cm³/mol. The summed E-state index contributed by atoms with van der Waals surface area (Å²) in [6, 6.07) is 0.118. The first-order valence-electron chi connectivity index (χ1n) is 7.84. The van der Waals surface area contributed by atoms with Gasteiger partial charge < -0.3 is 20.4 Å². The molecule has 0 radical (unpaired) electrons. The van der Waals surface area contributed by atoms with E-state index >= 15 is 0 Å². The van der Waals surface area contributed by atoms with Crippen LogP contribution in [-0.4, -0.2) is 42.7 Å². The first-order chi connectivity index (χ1) is 10.2. The van der Waals surface area contributed by atoms with Crippen LogP contribution < -0.4 is 10.6 Å². The minimum Gasteiger partial charge on any atom is -0.444 e. The molecule has 0 spiro atoms. The maximum atomic E-state index is 11.9. The van der Waals surface area contributed by atoms with E-state index in [4.69, 9.17) is 4.74 Å². The molecule has 0 unspecified atom stereocenters. The van der Waals surface area contributed by atoms with Gasteiger partial charge in [0.25, 0.3) is 0 Å². The maximum Gasteiger partial charge on any atom is 0.407 e. The van der Waals surface area contributed by atoms with Crippen LogP contribution in [0.15, 0.2) is 17.9 Å². The number of ether oxygens (including phenoxy) is 1. The summed E-state index contributed by atoms with van der Waals surface area (Å²) < 4.78 is 5.33. The zero-order valence-corrected chi connectivity index (χ0v) is 14.5. The third-order valence-corrected chi connectivity index (χ3v) is 3.34. The van der Waals surface area contributed by atoms with Gasteiger partial charge in [0.05, 0.1) is 0 Å². The van der Waals surface area contributed by atoms with Crippen molar-refractivity contribution in [2.75, 3.05) is 14.1 Å². The van der Waals surface area contributed by atoms with E-state index in [9.17, 15) is 4.79 Å². The topological polar surface area (TPSA) is 66.0 Å². The lowest BCUT2D eigenvalue weighted by Crippen LogP contribution is -2.44. The Morgan fingerprint density at radius 3 is 2.59 bits per heavy atom. The van der Waals surface area contributed by atoms with Gasteiger partial charge in [-0.2, -0.15) is 5.10 Å². The molecule has 1 amide bonds. The standard InChI is InChI=1S/C16H30N4O2/c1-7-17-14(19-20(5)6)12-9-8-10-13(11-12)18-15(21)22-16(2,3)4/h7,12-13H,1,8-11H2,2-6H3,(H,17,19)(H,18,21)/t12-,13+/m0/s1. The molecule has 0 aliphatic heterocycles. The fourth-order valence-electron chi connectivity index (χ4n) is 2.59. The van der Waals surface area contributed by atoms with Crippen molar-refractivity contribution >= 4 is 11.9 Å². The van der Waals surface area contributed by atoms with Gasteiger partial charge in [-0.15, -0.1) is 0 Å². The minimum atomic E-state index is -0.472. The molecule has 22 heavy (non-hydrogen) atoms. The van der Waals surface area contributed by atoms with Crippen molar-refractivity contribution in [1.82, 2.24) is 15.6 Å². The molecule has 1 fully saturated rings. The minimum absolute atomic E-state index is 0.118. The average Bonchev–Trinajstić information content (AvgIpc) is 2.35. The molecule has 126 valence electrons. The number of rotatable bonds is 4. The van der Waals surface area contributed by atoms with E-state index < -0.39 is 5.60 Å². The molecule has 0 aromatic heterocycles. The molecule has 0 bridgehead atoms. The summed E-state index contributed by atoms with van der Waals surface area (Å²) in [5.74, 6) is 1.18. The van der Waals surface area contributed by atoms with Crippen LogP contribution in [0, 0.1) is 5.92 Å². The zero-order chi connectivity index (χ0) is 16.8.